The molecule has 202 valence electrons. The van der Waals surface area contributed by atoms with Gasteiger partial charge in [0.25, 0.3) is 5.91 Å². The van der Waals surface area contributed by atoms with E-state index < -0.39 is 23.5 Å². The van der Waals surface area contributed by atoms with Crippen LogP contribution < -0.4 is 5.32 Å². The SMILES string of the molecule is C#C[C@@]1(O)CC[C@@H]2[C@@H]3CCC4=CC(=NOCC(=O)N[C@H](C(=O)O)c5ccccc5)CC[C@]4(C)[C@H]3CC[C@]21C. The van der Waals surface area contributed by atoms with Crippen molar-refractivity contribution in [2.45, 2.75) is 76.9 Å². The number of aliphatic carboxylic acids is 1. The van der Waals surface area contributed by atoms with Gasteiger partial charge in [-0.15, -0.1) is 6.42 Å². The molecular weight excluding hydrogens is 480 g/mol. The van der Waals surface area contributed by atoms with Gasteiger partial charge in [0.05, 0.1) is 5.71 Å². The number of nitrogens with one attached hydrogen (secondary N) is 1. The fourth-order valence-corrected chi connectivity index (χ4v) is 8.21. The maximum Gasteiger partial charge on any atom is 0.330 e. The van der Waals surface area contributed by atoms with E-state index in [1.54, 1.807) is 30.3 Å². The van der Waals surface area contributed by atoms with Crippen molar-refractivity contribution in [1.29, 1.82) is 0 Å². The number of hydrogen-bond donors (Lipinski definition) is 3. The number of oxime groups is 1. The minimum absolute atomic E-state index is 0.0991. The number of carboxylic acids is 1. The van der Waals surface area contributed by atoms with Gasteiger partial charge >= 0.3 is 5.97 Å². The second-order valence-corrected chi connectivity index (χ2v) is 12.1. The number of terminal acetylenes is 1. The van der Waals surface area contributed by atoms with Crippen LogP contribution in [0.4, 0.5) is 0 Å². The molecule has 0 aliphatic heterocycles. The van der Waals surface area contributed by atoms with Crippen LogP contribution in [0.25, 0.3) is 0 Å². The molecule has 1 amide bonds. The summed E-state index contributed by atoms with van der Waals surface area (Å²) in [5.74, 6) is 2.69. The summed E-state index contributed by atoms with van der Waals surface area (Å²) in [6, 6.07) is 7.44. The van der Waals surface area contributed by atoms with Crippen LogP contribution in [0, 0.1) is 40.9 Å². The lowest BCUT2D eigenvalue weighted by Crippen LogP contribution is -2.54. The van der Waals surface area contributed by atoms with Gasteiger partial charge in [0.15, 0.2) is 12.6 Å². The molecule has 7 heteroatoms. The van der Waals surface area contributed by atoms with Gasteiger partial charge in [-0.25, -0.2) is 4.79 Å². The Kier molecular flexibility index (Phi) is 6.89. The van der Waals surface area contributed by atoms with E-state index in [0.717, 1.165) is 50.7 Å². The van der Waals surface area contributed by atoms with E-state index in [2.05, 4.69) is 36.3 Å². The lowest BCUT2D eigenvalue weighted by molar-refractivity contribution is -0.142. The van der Waals surface area contributed by atoms with Gasteiger partial charge in [-0.3, -0.25) is 4.79 Å². The molecule has 38 heavy (non-hydrogen) atoms. The Hall–Kier alpha value is -3.11. The fraction of sp³-hybridized carbons (Fsp3) is 0.581. The molecule has 4 aliphatic rings. The van der Waals surface area contributed by atoms with Crippen LogP contribution in [-0.2, 0) is 14.4 Å². The molecule has 0 radical (unpaired) electrons. The van der Waals surface area contributed by atoms with Crippen molar-refractivity contribution >= 4 is 17.6 Å². The molecule has 0 aromatic heterocycles. The average Bonchev–Trinajstić information content (AvgIpc) is 3.18. The minimum atomic E-state index is -1.14. The minimum Gasteiger partial charge on any atom is -0.479 e. The summed E-state index contributed by atoms with van der Waals surface area (Å²) in [4.78, 5) is 29.4. The summed E-state index contributed by atoms with van der Waals surface area (Å²) in [6.07, 6.45) is 15.5. The molecule has 1 aromatic carbocycles. The predicted octanol–water partition coefficient (Wildman–Crippen LogP) is 4.63. The second kappa shape index (κ2) is 9.89. The lowest BCUT2D eigenvalue weighted by atomic mass is 9.46. The molecule has 3 fully saturated rings. The van der Waals surface area contributed by atoms with Crippen molar-refractivity contribution in [3.05, 3.63) is 47.5 Å². The van der Waals surface area contributed by atoms with Gasteiger partial charge in [-0.2, -0.15) is 0 Å². The Labute approximate surface area is 224 Å². The number of amides is 1. The van der Waals surface area contributed by atoms with Crippen LogP contribution >= 0.6 is 0 Å². The van der Waals surface area contributed by atoms with Gasteiger partial charge in [-0.1, -0.05) is 60.8 Å². The number of fused-ring (bicyclic) bond motifs is 5. The summed E-state index contributed by atoms with van der Waals surface area (Å²) in [5.41, 5.74) is 1.64. The zero-order valence-corrected chi connectivity index (χ0v) is 22.3. The van der Waals surface area contributed by atoms with Crippen LogP contribution in [0.5, 0.6) is 0 Å². The molecule has 7 nitrogen and oxygen atoms in total. The molecule has 0 unspecified atom stereocenters. The number of carboxylic acid groups (broad SMARTS) is 1. The maximum atomic E-state index is 12.4. The topological polar surface area (TPSA) is 108 Å². The number of hydrogen-bond acceptors (Lipinski definition) is 5. The van der Waals surface area contributed by atoms with E-state index in [9.17, 15) is 19.8 Å². The van der Waals surface area contributed by atoms with Crippen LogP contribution in [-0.4, -0.2) is 40.0 Å². The number of rotatable bonds is 6. The fourth-order valence-electron chi connectivity index (χ4n) is 8.21. The lowest BCUT2D eigenvalue weighted by Gasteiger charge is -2.58. The maximum absolute atomic E-state index is 12.4. The normalized spacial score (nSPS) is 37.6. The van der Waals surface area contributed by atoms with E-state index in [4.69, 9.17) is 11.3 Å². The third-order valence-corrected chi connectivity index (χ3v) is 10.4. The van der Waals surface area contributed by atoms with E-state index in [0.29, 0.717) is 29.7 Å². The number of aliphatic hydroxyl groups is 1. The zero-order valence-electron chi connectivity index (χ0n) is 22.3. The van der Waals surface area contributed by atoms with Gasteiger partial charge in [0, 0.05) is 5.41 Å². The van der Waals surface area contributed by atoms with E-state index >= 15 is 0 Å². The quantitative estimate of drug-likeness (QED) is 0.376. The first-order valence-electron chi connectivity index (χ1n) is 13.8. The Morgan fingerprint density at radius 3 is 2.58 bits per heavy atom. The molecule has 5 rings (SSSR count). The highest BCUT2D eigenvalue weighted by Gasteiger charge is 2.63. The highest BCUT2D eigenvalue weighted by molar-refractivity contribution is 5.96. The predicted molar refractivity (Wildman–Crippen MR) is 144 cm³/mol. The standard InChI is InChI=1S/C31H38N2O5/c1-4-31(37)17-14-25-23-11-10-21-18-22(12-15-29(21,2)24(23)13-16-30(25,31)3)33-38-19-26(34)32-27(28(35)36)20-8-6-5-7-9-20/h1,5-9,18,23-25,27,37H,10-17,19H2,2-3H3,(H,32,34)(H,35,36)/t23-,24+,25-,27+,29+,30-,31-/m1/s1. The summed E-state index contributed by atoms with van der Waals surface area (Å²) >= 11 is 0. The first-order valence-corrected chi connectivity index (χ1v) is 13.8. The van der Waals surface area contributed by atoms with E-state index in [1.807, 2.05) is 0 Å². The Morgan fingerprint density at radius 2 is 1.87 bits per heavy atom. The van der Waals surface area contributed by atoms with Gasteiger partial charge in [0.2, 0.25) is 0 Å². The van der Waals surface area contributed by atoms with Crippen LogP contribution in [0.1, 0.15) is 76.8 Å². The summed E-state index contributed by atoms with van der Waals surface area (Å²) < 4.78 is 0. The first-order chi connectivity index (χ1) is 18.1. The number of nitrogens with zero attached hydrogens (tertiary/aromatic N) is 1. The van der Waals surface area contributed by atoms with Crippen molar-refractivity contribution in [3.8, 4) is 12.3 Å². The average molecular weight is 519 g/mol. The molecule has 3 N–H and O–H groups in total. The highest BCUT2D eigenvalue weighted by atomic mass is 16.6. The van der Waals surface area contributed by atoms with Crippen molar-refractivity contribution in [2.75, 3.05) is 6.61 Å². The largest absolute Gasteiger partial charge is 0.479 e. The molecule has 0 bridgehead atoms. The van der Waals surface area contributed by atoms with Crippen LogP contribution in [0.15, 0.2) is 47.1 Å². The summed E-state index contributed by atoms with van der Waals surface area (Å²) in [5, 5.41) is 27.5. The van der Waals surface area contributed by atoms with Gasteiger partial charge < -0.3 is 20.4 Å². The van der Waals surface area contributed by atoms with Crippen LogP contribution in [0.2, 0.25) is 0 Å². The summed E-state index contributed by atoms with van der Waals surface area (Å²) in [6.45, 7) is 4.26. The molecule has 1 aromatic rings. The Morgan fingerprint density at radius 1 is 1.13 bits per heavy atom. The third kappa shape index (κ3) is 4.33. The number of benzene rings is 1. The monoisotopic (exact) mass is 518 g/mol. The van der Waals surface area contributed by atoms with Crippen molar-refractivity contribution in [3.63, 3.8) is 0 Å². The zero-order chi connectivity index (χ0) is 27.1. The third-order valence-electron chi connectivity index (χ3n) is 10.4. The van der Waals surface area contributed by atoms with Gasteiger partial charge in [-0.05, 0) is 86.2 Å². The molecule has 7 atom stereocenters. The molecule has 0 heterocycles. The molecule has 4 aliphatic carbocycles. The smallest absolute Gasteiger partial charge is 0.330 e. The second-order valence-electron chi connectivity index (χ2n) is 12.1. The van der Waals surface area contributed by atoms with E-state index in [-0.39, 0.29) is 17.4 Å². The number of carbonyl (C=O) groups excluding carboxylic acids is 1. The number of allylic oxidation sites excluding steroid dienone is 2. The Bertz CT molecular complexity index is 1200. The molecule has 0 spiro atoms. The van der Waals surface area contributed by atoms with E-state index in [1.165, 1.54) is 5.57 Å². The van der Waals surface area contributed by atoms with Crippen LogP contribution in [0.3, 0.4) is 0 Å². The number of carbonyl (C=O) groups is 2. The van der Waals surface area contributed by atoms with Crippen molar-refractivity contribution in [2.24, 2.45) is 33.7 Å². The Balaban J connectivity index is 1.22. The molecule has 0 saturated heterocycles. The molecular formula is C31H38N2O5. The summed E-state index contributed by atoms with van der Waals surface area (Å²) in [7, 11) is 0. The van der Waals surface area contributed by atoms with Gasteiger partial charge in [0.1, 0.15) is 5.60 Å². The van der Waals surface area contributed by atoms with Crippen molar-refractivity contribution < 1.29 is 24.6 Å². The molecule has 3 saturated carbocycles. The first kappa shape index (κ1) is 26.5. The van der Waals surface area contributed by atoms with Crippen molar-refractivity contribution in [1.82, 2.24) is 5.32 Å². The highest BCUT2D eigenvalue weighted by Crippen LogP contribution is 2.67.